The van der Waals surface area contributed by atoms with Crippen molar-refractivity contribution in [3.8, 4) is 0 Å². The van der Waals surface area contributed by atoms with Gasteiger partial charge in [0.1, 0.15) is 11.4 Å². The lowest BCUT2D eigenvalue weighted by Gasteiger charge is -2.09. The van der Waals surface area contributed by atoms with Crippen molar-refractivity contribution in [2.45, 2.75) is 13.3 Å². The Bertz CT molecular complexity index is 502. The number of aromatic nitrogens is 1. The summed E-state index contributed by atoms with van der Waals surface area (Å²) in [5.41, 5.74) is 8.89. The maximum absolute atomic E-state index is 5.84. The molecule has 0 amide bonds. The molecule has 4 nitrogen and oxygen atoms in total. The second kappa shape index (κ2) is 4.14. The van der Waals surface area contributed by atoms with E-state index in [0.717, 1.165) is 35.1 Å². The molecular weight excluding hydrogens is 202 g/mol. The summed E-state index contributed by atoms with van der Waals surface area (Å²) in [4.78, 5) is 6.35. The third kappa shape index (κ3) is 1.88. The van der Waals surface area contributed by atoms with Gasteiger partial charge in [0, 0.05) is 18.3 Å². The molecule has 0 aliphatic carbocycles. The number of fused-ring (bicyclic) bond motifs is 1. The van der Waals surface area contributed by atoms with Crippen LogP contribution in [0, 0.1) is 6.92 Å². The lowest BCUT2D eigenvalue weighted by Crippen LogP contribution is -2.15. The van der Waals surface area contributed by atoms with E-state index in [0.29, 0.717) is 5.82 Å². The van der Waals surface area contributed by atoms with E-state index in [2.05, 4.69) is 24.0 Å². The number of nitrogens with two attached hydrogens (primary N) is 1. The van der Waals surface area contributed by atoms with E-state index in [1.165, 1.54) is 0 Å². The number of furan rings is 1. The molecule has 0 unspecified atom stereocenters. The number of anilines is 1. The van der Waals surface area contributed by atoms with E-state index in [9.17, 15) is 0 Å². The predicted octanol–water partition coefficient (Wildman–Crippen LogP) is 1.82. The van der Waals surface area contributed by atoms with Crippen LogP contribution in [0.5, 0.6) is 0 Å². The maximum Gasteiger partial charge on any atom is 0.142 e. The van der Waals surface area contributed by atoms with E-state index in [1.807, 2.05) is 13.1 Å². The first-order chi connectivity index (χ1) is 7.59. The molecule has 0 bridgehead atoms. The van der Waals surface area contributed by atoms with Gasteiger partial charge in [-0.1, -0.05) is 0 Å². The van der Waals surface area contributed by atoms with Gasteiger partial charge in [-0.25, -0.2) is 4.98 Å². The summed E-state index contributed by atoms with van der Waals surface area (Å²) in [7, 11) is 4.10. The van der Waals surface area contributed by atoms with Gasteiger partial charge in [-0.15, -0.1) is 0 Å². The average molecular weight is 219 g/mol. The maximum atomic E-state index is 5.84. The van der Waals surface area contributed by atoms with Crippen LogP contribution in [0.15, 0.2) is 16.9 Å². The lowest BCUT2D eigenvalue weighted by molar-refractivity contribution is 0.413. The number of rotatable bonds is 3. The van der Waals surface area contributed by atoms with Crippen LogP contribution in [0.3, 0.4) is 0 Å². The van der Waals surface area contributed by atoms with E-state index >= 15 is 0 Å². The third-order valence-corrected chi connectivity index (χ3v) is 2.71. The zero-order valence-corrected chi connectivity index (χ0v) is 9.95. The molecule has 86 valence electrons. The van der Waals surface area contributed by atoms with Crippen molar-refractivity contribution in [2.75, 3.05) is 26.4 Å². The van der Waals surface area contributed by atoms with Gasteiger partial charge < -0.3 is 15.1 Å². The summed E-state index contributed by atoms with van der Waals surface area (Å²) in [6, 6.07) is 0. The van der Waals surface area contributed by atoms with Crippen molar-refractivity contribution >= 4 is 16.8 Å². The zero-order valence-electron chi connectivity index (χ0n) is 9.95. The van der Waals surface area contributed by atoms with Crippen LogP contribution in [0.25, 0.3) is 11.0 Å². The van der Waals surface area contributed by atoms with Crippen molar-refractivity contribution in [1.82, 2.24) is 9.88 Å². The molecule has 0 aliphatic heterocycles. The van der Waals surface area contributed by atoms with Crippen molar-refractivity contribution in [3.63, 3.8) is 0 Å². The molecule has 0 saturated heterocycles. The smallest absolute Gasteiger partial charge is 0.142 e. The van der Waals surface area contributed by atoms with Crippen LogP contribution in [0.4, 0.5) is 5.82 Å². The molecule has 0 aromatic carbocycles. The molecule has 0 atom stereocenters. The number of likely N-dealkylation sites (N-methyl/N-ethyl adjacent to an activating group) is 1. The zero-order chi connectivity index (χ0) is 11.7. The third-order valence-electron chi connectivity index (χ3n) is 2.71. The van der Waals surface area contributed by atoms with Gasteiger partial charge in [-0.2, -0.15) is 0 Å². The van der Waals surface area contributed by atoms with Crippen LogP contribution in [0.1, 0.15) is 11.1 Å². The van der Waals surface area contributed by atoms with E-state index in [4.69, 9.17) is 10.2 Å². The summed E-state index contributed by atoms with van der Waals surface area (Å²) in [6.07, 6.45) is 4.47. The largest absolute Gasteiger partial charge is 0.464 e. The molecule has 2 heterocycles. The summed E-state index contributed by atoms with van der Waals surface area (Å²) in [6.45, 7) is 2.96. The Morgan fingerprint density at radius 3 is 2.88 bits per heavy atom. The molecule has 16 heavy (non-hydrogen) atoms. The molecule has 2 rings (SSSR count). The standard InChI is InChI=1S/C12H17N3O/c1-8-7-16-11-9(4-5-15(2)3)6-14-12(13)10(8)11/h6-7H,4-5H2,1-3H3,(H2,13,14). The number of hydrogen-bond donors (Lipinski definition) is 1. The van der Waals surface area contributed by atoms with Crippen molar-refractivity contribution in [1.29, 1.82) is 0 Å². The van der Waals surface area contributed by atoms with Gasteiger partial charge in [0.25, 0.3) is 0 Å². The average Bonchev–Trinajstić information content (AvgIpc) is 2.61. The normalized spacial score (nSPS) is 11.5. The number of nitrogens with zero attached hydrogens (tertiary/aromatic N) is 2. The van der Waals surface area contributed by atoms with E-state index in [1.54, 1.807) is 6.26 Å². The monoisotopic (exact) mass is 219 g/mol. The van der Waals surface area contributed by atoms with E-state index in [-0.39, 0.29) is 0 Å². The molecule has 2 aromatic heterocycles. The predicted molar refractivity (Wildman–Crippen MR) is 65.4 cm³/mol. The summed E-state index contributed by atoms with van der Waals surface area (Å²) in [5, 5.41) is 0.955. The van der Waals surface area contributed by atoms with Crippen LogP contribution in [-0.2, 0) is 6.42 Å². The van der Waals surface area contributed by atoms with Crippen molar-refractivity contribution in [2.24, 2.45) is 0 Å². The van der Waals surface area contributed by atoms with Crippen LogP contribution < -0.4 is 5.73 Å². The van der Waals surface area contributed by atoms with Crippen LogP contribution >= 0.6 is 0 Å². The Balaban J connectivity index is 2.43. The first kappa shape index (κ1) is 11.0. The van der Waals surface area contributed by atoms with Gasteiger partial charge in [-0.3, -0.25) is 0 Å². The van der Waals surface area contributed by atoms with Crippen LogP contribution in [0.2, 0.25) is 0 Å². The highest BCUT2D eigenvalue weighted by atomic mass is 16.3. The summed E-state index contributed by atoms with van der Waals surface area (Å²) < 4.78 is 5.55. The molecule has 4 heteroatoms. The van der Waals surface area contributed by atoms with E-state index < -0.39 is 0 Å². The minimum absolute atomic E-state index is 0.551. The molecule has 2 N–H and O–H groups in total. The Morgan fingerprint density at radius 1 is 1.44 bits per heavy atom. The highest BCUT2D eigenvalue weighted by Gasteiger charge is 2.11. The fraction of sp³-hybridized carbons (Fsp3) is 0.417. The van der Waals surface area contributed by atoms with Crippen LogP contribution in [-0.4, -0.2) is 30.5 Å². The van der Waals surface area contributed by atoms with Crippen molar-refractivity contribution in [3.05, 3.63) is 23.6 Å². The molecule has 0 aliphatic rings. The Hall–Kier alpha value is -1.55. The Morgan fingerprint density at radius 2 is 2.19 bits per heavy atom. The van der Waals surface area contributed by atoms with Gasteiger partial charge in [0.05, 0.1) is 11.6 Å². The molecular formula is C12H17N3O. The SMILES string of the molecule is Cc1coc2c(CCN(C)C)cnc(N)c12. The van der Waals surface area contributed by atoms with Gasteiger partial charge in [0.2, 0.25) is 0 Å². The molecule has 0 spiro atoms. The summed E-state index contributed by atoms with van der Waals surface area (Å²) in [5.74, 6) is 0.551. The summed E-state index contributed by atoms with van der Waals surface area (Å²) >= 11 is 0. The highest BCUT2D eigenvalue weighted by molar-refractivity contribution is 5.92. The number of pyridine rings is 1. The van der Waals surface area contributed by atoms with Gasteiger partial charge >= 0.3 is 0 Å². The number of aryl methyl sites for hydroxylation is 1. The minimum atomic E-state index is 0.551. The fourth-order valence-corrected chi connectivity index (χ4v) is 1.79. The molecule has 2 aromatic rings. The second-order valence-electron chi connectivity index (χ2n) is 4.34. The molecule has 0 saturated carbocycles. The number of nitrogen functional groups attached to an aromatic ring is 1. The van der Waals surface area contributed by atoms with Gasteiger partial charge in [0.15, 0.2) is 0 Å². The van der Waals surface area contributed by atoms with Gasteiger partial charge in [-0.05, 0) is 33.0 Å². The first-order valence-corrected chi connectivity index (χ1v) is 5.35. The first-order valence-electron chi connectivity index (χ1n) is 5.35. The Labute approximate surface area is 95.1 Å². The van der Waals surface area contributed by atoms with Crippen molar-refractivity contribution < 1.29 is 4.42 Å². The minimum Gasteiger partial charge on any atom is -0.464 e. The lowest BCUT2D eigenvalue weighted by atomic mass is 10.1. The quantitative estimate of drug-likeness (QED) is 0.855. The molecule has 0 fully saturated rings. The fourth-order valence-electron chi connectivity index (χ4n) is 1.79. The second-order valence-corrected chi connectivity index (χ2v) is 4.34. The highest BCUT2D eigenvalue weighted by Crippen LogP contribution is 2.27. The topological polar surface area (TPSA) is 55.3 Å². The Kier molecular flexibility index (Phi) is 2.83. The molecule has 0 radical (unpaired) electrons. The number of hydrogen-bond acceptors (Lipinski definition) is 4.